The molecule has 49 heavy (non-hydrogen) atoms. The molecule has 0 aliphatic carbocycles. The quantitative estimate of drug-likeness (QED) is 0.115. The predicted molar refractivity (Wildman–Crippen MR) is 189 cm³/mol. The molecular formula is C41H34N2O6. The normalized spacial score (nSPS) is 13.8. The Morgan fingerprint density at radius 2 is 0.816 bits per heavy atom. The van der Waals surface area contributed by atoms with Crippen LogP contribution in [-0.4, -0.2) is 36.8 Å². The van der Waals surface area contributed by atoms with Crippen LogP contribution in [0.2, 0.25) is 0 Å². The summed E-state index contributed by atoms with van der Waals surface area (Å²) in [5, 5.41) is 0. The summed E-state index contributed by atoms with van der Waals surface area (Å²) in [5.41, 5.74) is 6.32. The molecule has 0 atom stereocenters. The van der Waals surface area contributed by atoms with Gasteiger partial charge in [-0.05, 0) is 89.0 Å². The number of hydrogen-bond acceptors (Lipinski definition) is 6. The summed E-state index contributed by atoms with van der Waals surface area (Å²) in [6.45, 7) is 8.16. The molecule has 0 saturated heterocycles. The molecule has 8 heteroatoms. The van der Waals surface area contributed by atoms with Gasteiger partial charge in [-0.3, -0.25) is 19.2 Å². The molecule has 0 aromatic heterocycles. The first-order valence-electron chi connectivity index (χ1n) is 15.8. The van der Waals surface area contributed by atoms with Crippen molar-refractivity contribution in [2.45, 2.75) is 19.3 Å². The maximum absolute atomic E-state index is 12.8. The molecule has 8 nitrogen and oxygen atoms in total. The highest BCUT2D eigenvalue weighted by Crippen LogP contribution is 2.32. The van der Waals surface area contributed by atoms with Crippen LogP contribution in [0.25, 0.3) is 0 Å². The van der Waals surface area contributed by atoms with Gasteiger partial charge < -0.3 is 9.47 Å². The number of anilines is 2. The van der Waals surface area contributed by atoms with E-state index in [2.05, 4.69) is 13.2 Å². The van der Waals surface area contributed by atoms with Gasteiger partial charge in [-0.25, -0.2) is 9.80 Å². The molecule has 4 aromatic carbocycles. The predicted octanol–water partition coefficient (Wildman–Crippen LogP) is 6.45. The molecule has 0 fully saturated rings. The average molecular weight is 651 g/mol. The lowest BCUT2D eigenvalue weighted by Gasteiger charge is -2.21. The first kappa shape index (κ1) is 32.7. The average Bonchev–Trinajstić information content (AvgIpc) is 3.63. The maximum Gasteiger partial charge on any atom is 0.258 e. The van der Waals surface area contributed by atoms with Crippen LogP contribution in [0.1, 0.15) is 33.4 Å². The van der Waals surface area contributed by atoms with Gasteiger partial charge >= 0.3 is 0 Å². The van der Waals surface area contributed by atoms with E-state index in [1.807, 2.05) is 84.9 Å². The lowest BCUT2D eigenvalue weighted by Crippen LogP contribution is -2.31. The van der Waals surface area contributed by atoms with Crippen molar-refractivity contribution in [1.82, 2.24) is 0 Å². The first-order chi connectivity index (χ1) is 23.8. The number of hydrogen-bond donors (Lipinski definition) is 0. The van der Waals surface area contributed by atoms with Crippen molar-refractivity contribution in [3.8, 4) is 11.5 Å². The van der Waals surface area contributed by atoms with E-state index in [0.29, 0.717) is 43.9 Å². The molecule has 2 heterocycles. The van der Waals surface area contributed by atoms with Crippen LogP contribution >= 0.6 is 0 Å². The maximum atomic E-state index is 12.8. The summed E-state index contributed by atoms with van der Waals surface area (Å²) < 4.78 is 11.2. The van der Waals surface area contributed by atoms with E-state index in [1.54, 1.807) is 12.2 Å². The van der Waals surface area contributed by atoms with Crippen molar-refractivity contribution >= 4 is 35.0 Å². The Balaban J connectivity index is 1.30. The van der Waals surface area contributed by atoms with Crippen LogP contribution in [0.5, 0.6) is 11.5 Å². The van der Waals surface area contributed by atoms with E-state index < -0.39 is 23.6 Å². The van der Waals surface area contributed by atoms with Gasteiger partial charge in [-0.15, -0.1) is 0 Å². The zero-order chi connectivity index (χ0) is 34.3. The monoisotopic (exact) mass is 650 g/mol. The number of benzene rings is 4. The van der Waals surface area contributed by atoms with Crippen LogP contribution in [0.15, 0.2) is 135 Å². The largest absolute Gasteiger partial charge is 0.490 e. The summed E-state index contributed by atoms with van der Waals surface area (Å²) in [4.78, 5) is 53.7. The third-order valence-corrected chi connectivity index (χ3v) is 8.18. The fourth-order valence-corrected chi connectivity index (χ4v) is 5.82. The topological polar surface area (TPSA) is 93.2 Å². The molecule has 0 bridgehead atoms. The lowest BCUT2D eigenvalue weighted by atomic mass is 9.95. The van der Waals surface area contributed by atoms with Crippen LogP contribution in [-0.2, 0) is 38.4 Å². The zero-order valence-electron chi connectivity index (χ0n) is 26.8. The fraction of sp³-hybridized carbons (Fsp3) is 0.122. The zero-order valence-corrected chi connectivity index (χ0v) is 26.8. The Hall–Kier alpha value is -6.28. The third kappa shape index (κ3) is 7.49. The minimum atomic E-state index is -0.401. The van der Waals surface area contributed by atoms with Crippen LogP contribution in [0.3, 0.4) is 0 Å². The summed E-state index contributed by atoms with van der Waals surface area (Å²) >= 11 is 0. The number of ether oxygens (including phenoxy) is 2. The Morgan fingerprint density at radius 1 is 0.469 bits per heavy atom. The Morgan fingerprint density at radius 3 is 1.16 bits per heavy atom. The van der Waals surface area contributed by atoms with Crippen molar-refractivity contribution in [2.75, 3.05) is 23.0 Å². The highest BCUT2D eigenvalue weighted by molar-refractivity contribution is 6.29. The summed E-state index contributed by atoms with van der Waals surface area (Å²) in [7, 11) is 0. The van der Waals surface area contributed by atoms with Gasteiger partial charge in [-0.1, -0.05) is 73.8 Å². The van der Waals surface area contributed by atoms with Crippen molar-refractivity contribution in [3.05, 3.63) is 168 Å². The Bertz CT molecular complexity index is 1830. The molecule has 0 N–H and O–H groups in total. The molecular weight excluding hydrogens is 616 g/mol. The standard InChI is InChI=1S/C41H34N2O6/c1-3-21-48-34-13-7-28(8-14-34)24-32-11-5-30(26-36(32)42-38(44)17-18-39(42)45)23-31-6-12-33(37(27-31)43-40(46)19-20-41(43)47)25-29-9-15-35(16-10-29)49-22-4-2/h3-20,26-27H,1-2,21-25H2. The molecule has 2 aliphatic rings. The van der Waals surface area contributed by atoms with E-state index in [-0.39, 0.29) is 0 Å². The lowest BCUT2D eigenvalue weighted by molar-refractivity contribution is -0.121. The van der Waals surface area contributed by atoms with E-state index in [4.69, 9.17) is 9.47 Å². The van der Waals surface area contributed by atoms with E-state index >= 15 is 0 Å². The molecule has 0 unspecified atom stereocenters. The van der Waals surface area contributed by atoms with Gasteiger partial charge in [0.15, 0.2) is 0 Å². The van der Waals surface area contributed by atoms with Gasteiger partial charge in [0.1, 0.15) is 24.7 Å². The van der Waals surface area contributed by atoms with Crippen molar-refractivity contribution in [2.24, 2.45) is 0 Å². The smallest absolute Gasteiger partial charge is 0.258 e. The second-order valence-corrected chi connectivity index (χ2v) is 11.6. The first-order valence-corrected chi connectivity index (χ1v) is 15.8. The molecule has 2 aliphatic heterocycles. The number of carbonyl (C=O) groups is 4. The number of carbonyl (C=O) groups excluding carboxylic acids is 4. The van der Waals surface area contributed by atoms with Gasteiger partial charge in [0.2, 0.25) is 0 Å². The second-order valence-electron chi connectivity index (χ2n) is 11.6. The van der Waals surface area contributed by atoms with Gasteiger partial charge in [-0.2, -0.15) is 0 Å². The highest BCUT2D eigenvalue weighted by Gasteiger charge is 2.29. The van der Waals surface area contributed by atoms with Crippen LogP contribution in [0.4, 0.5) is 11.4 Å². The molecule has 0 spiro atoms. The minimum Gasteiger partial charge on any atom is -0.490 e. The van der Waals surface area contributed by atoms with E-state index in [0.717, 1.165) is 44.9 Å². The Labute approximate surface area is 284 Å². The minimum absolute atomic E-state index is 0.401. The number of rotatable bonds is 14. The summed E-state index contributed by atoms with van der Waals surface area (Å²) in [6.07, 6.45) is 9.86. The molecule has 0 radical (unpaired) electrons. The van der Waals surface area contributed by atoms with Crippen molar-refractivity contribution < 1.29 is 28.7 Å². The van der Waals surface area contributed by atoms with Crippen LogP contribution in [0, 0.1) is 0 Å². The fourth-order valence-electron chi connectivity index (χ4n) is 5.82. The van der Waals surface area contributed by atoms with Gasteiger partial charge in [0.05, 0.1) is 11.4 Å². The van der Waals surface area contributed by atoms with Gasteiger partial charge in [0, 0.05) is 24.3 Å². The molecule has 0 saturated carbocycles. The number of nitrogens with zero attached hydrogens (tertiary/aromatic N) is 2. The van der Waals surface area contributed by atoms with Crippen LogP contribution < -0.4 is 19.3 Å². The molecule has 4 amide bonds. The van der Waals surface area contributed by atoms with Crippen molar-refractivity contribution in [1.29, 1.82) is 0 Å². The SMILES string of the molecule is C=CCOc1ccc(Cc2ccc(Cc3ccc(Cc4ccc(OCC=C)cc4)c(N4C(=O)C=CC4=O)c3)cc2N2C(=O)C=CC2=O)cc1. The molecule has 4 aromatic rings. The summed E-state index contributed by atoms with van der Waals surface area (Å²) in [5.74, 6) is -0.162. The third-order valence-electron chi connectivity index (χ3n) is 8.18. The Kier molecular flexibility index (Phi) is 9.76. The molecule has 6 rings (SSSR count). The number of amides is 4. The summed E-state index contributed by atoms with van der Waals surface area (Å²) in [6, 6.07) is 26.8. The van der Waals surface area contributed by atoms with E-state index in [1.165, 1.54) is 34.1 Å². The highest BCUT2D eigenvalue weighted by atomic mass is 16.5. The van der Waals surface area contributed by atoms with E-state index in [9.17, 15) is 19.2 Å². The number of imide groups is 2. The van der Waals surface area contributed by atoms with Crippen molar-refractivity contribution in [3.63, 3.8) is 0 Å². The molecule has 244 valence electrons. The second kappa shape index (κ2) is 14.6. The van der Waals surface area contributed by atoms with Gasteiger partial charge in [0.25, 0.3) is 23.6 Å².